The van der Waals surface area contributed by atoms with Crippen LogP contribution in [0.1, 0.15) is 11.4 Å². The first kappa shape index (κ1) is 9.77. The number of aryl methyl sites for hydroxylation is 1. The van der Waals surface area contributed by atoms with E-state index in [2.05, 4.69) is 46.1 Å². The molecule has 3 heteroatoms. The minimum atomic E-state index is 1.08. The molecule has 2 rings (SSSR count). The van der Waals surface area contributed by atoms with Crippen molar-refractivity contribution in [3.8, 4) is 5.69 Å². The fourth-order valence-corrected chi connectivity index (χ4v) is 1.55. The van der Waals surface area contributed by atoms with Crippen molar-refractivity contribution in [1.29, 1.82) is 0 Å². The van der Waals surface area contributed by atoms with Crippen LogP contribution in [0.5, 0.6) is 0 Å². The van der Waals surface area contributed by atoms with Crippen LogP contribution in [0.3, 0.4) is 0 Å². The molecule has 3 nitrogen and oxygen atoms in total. The maximum absolute atomic E-state index is 4.28. The molecule has 2 aromatic rings. The summed E-state index contributed by atoms with van der Waals surface area (Å²) >= 11 is 0. The molecule has 15 heavy (non-hydrogen) atoms. The molecule has 0 unspecified atom stereocenters. The van der Waals surface area contributed by atoms with E-state index in [4.69, 9.17) is 0 Å². The van der Waals surface area contributed by atoms with Gasteiger partial charge in [-0.3, -0.25) is 0 Å². The molecule has 0 saturated carbocycles. The third kappa shape index (κ3) is 1.73. The van der Waals surface area contributed by atoms with Gasteiger partial charge in [-0.2, -0.15) is 0 Å². The van der Waals surface area contributed by atoms with Crippen LogP contribution in [0.25, 0.3) is 5.69 Å². The summed E-state index contributed by atoms with van der Waals surface area (Å²) in [6.07, 6.45) is 1.86. The van der Waals surface area contributed by atoms with Crippen LogP contribution in [0.2, 0.25) is 0 Å². The van der Waals surface area contributed by atoms with E-state index < -0.39 is 0 Å². The van der Waals surface area contributed by atoms with Crippen LogP contribution in [-0.4, -0.2) is 16.6 Å². The first-order chi connectivity index (χ1) is 7.22. The van der Waals surface area contributed by atoms with Crippen LogP contribution in [0.4, 0.5) is 5.69 Å². The van der Waals surface area contributed by atoms with E-state index in [0.717, 1.165) is 17.1 Å². The second-order valence-electron chi connectivity index (χ2n) is 3.58. The molecule has 0 fully saturated rings. The zero-order chi connectivity index (χ0) is 10.8. The van der Waals surface area contributed by atoms with Gasteiger partial charge in [-0.1, -0.05) is 0 Å². The van der Waals surface area contributed by atoms with Crippen LogP contribution in [0, 0.1) is 13.8 Å². The Bertz CT molecular complexity index is 454. The van der Waals surface area contributed by atoms with Gasteiger partial charge < -0.3 is 9.88 Å². The summed E-state index contributed by atoms with van der Waals surface area (Å²) < 4.78 is 2.09. The number of rotatable bonds is 2. The number of hydrogen-bond donors (Lipinski definition) is 1. The first-order valence-electron chi connectivity index (χ1n) is 5.01. The summed E-state index contributed by atoms with van der Waals surface area (Å²) in [5.74, 6) is 0. The Balaban J connectivity index is 2.41. The molecule has 0 spiro atoms. The van der Waals surface area contributed by atoms with E-state index in [9.17, 15) is 0 Å². The van der Waals surface area contributed by atoms with Crippen LogP contribution < -0.4 is 5.32 Å². The van der Waals surface area contributed by atoms with Gasteiger partial charge >= 0.3 is 0 Å². The Morgan fingerprint density at radius 3 is 2.27 bits per heavy atom. The molecule has 0 bridgehead atoms. The van der Waals surface area contributed by atoms with Crippen LogP contribution >= 0.6 is 0 Å². The highest BCUT2D eigenvalue weighted by Gasteiger charge is 2.03. The molecule has 1 aromatic heterocycles. The number of benzene rings is 1. The predicted molar refractivity (Wildman–Crippen MR) is 62.6 cm³/mol. The molecule has 0 amide bonds. The molecule has 0 saturated heterocycles. The molecular formula is C12H15N3. The summed E-state index contributed by atoms with van der Waals surface area (Å²) in [5.41, 5.74) is 4.53. The van der Waals surface area contributed by atoms with Gasteiger partial charge in [-0.15, -0.1) is 0 Å². The highest BCUT2D eigenvalue weighted by atomic mass is 15.1. The highest BCUT2D eigenvalue weighted by Crippen LogP contribution is 2.16. The van der Waals surface area contributed by atoms with E-state index in [1.807, 2.05) is 20.3 Å². The lowest BCUT2D eigenvalue weighted by Gasteiger charge is -2.06. The second-order valence-corrected chi connectivity index (χ2v) is 3.58. The summed E-state index contributed by atoms with van der Waals surface area (Å²) in [5, 5.41) is 3.10. The minimum Gasteiger partial charge on any atom is -0.388 e. The van der Waals surface area contributed by atoms with Crippen LogP contribution in [-0.2, 0) is 0 Å². The zero-order valence-corrected chi connectivity index (χ0v) is 9.28. The largest absolute Gasteiger partial charge is 0.388 e. The number of anilines is 1. The van der Waals surface area contributed by atoms with Gasteiger partial charge in [0.15, 0.2) is 0 Å². The first-order valence-corrected chi connectivity index (χ1v) is 5.01. The van der Waals surface area contributed by atoms with Gasteiger partial charge in [0, 0.05) is 24.1 Å². The lowest BCUT2D eigenvalue weighted by Crippen LogP contribution is -1.95. The SMILES string of the molecule is CNc1ccc(-n2cnc(C)c2C)cc1. The summed E-state index contributed by atoms with van der Waals surface area (Å²) in [6, 6.07) is 8.29. The standard InChI is InChI=1S/C12H15N3/c1-9-10(2)15(8-14-9)12-6-4-11(13-3)5-7-12/h4-8,13H,1-3H3. The van der Waals surface area contributed by atoms with Crippen LogP contribution in [0.15, 0.2) is 30.6 Å². The number of nitrogens with zero attached hydrogens (tertiary/aromatic N) is 2. The third-order valence-electron chi connectivity index (χ3n) is 2.69. The predicted octanol–water partition coefficient (Wildman–Crippen LogP) is 2.53. The average molecular weight is 201 g/mol. The normalized spacial score (nSPS) is 10.3. The molecule has 0 aliphatic rings. The van der Waals surface area contributed by atoms with Crippen molar-refractivity contribution in [1.82, 2.24) is 9.55 Å². The number of nitrogens with one attached hydrogen (secondary N) is 1. The Labute approximate surface area is 89.8 Å². The number of aromatic nitrogens is 2. The molecule has 0 aliphatic carbocycles. The van der Waals surface area contributed by atoms with E-state index in [0.29, 0.717) is 0 Å². The number of hydrogen-bond acceptors (Lipinski definition) is 2. The lowest BCUT2D eigenvalue weighted by molar-refractivity contribution is 1.00. The van der Waals surface area contributed by atoms with E-state index in [-0.39, 0.29) is 0 Å². The molecule has 0 aliphatic heterocycles. The van der Waals surface area contributed by atoms with Crippen molar-refractivity contribution in [2.75, 3.05) is 12.4 Å². The monoisotopic (exact) mass is 201 g/mol. The maximum Gasteiger partial charge on any atom is 0.0997 e. The van der Waals surface area contributed by atoms with Crippen molar-refractivity contribution >= 4 is 5.69 Å². The van der Waals surface area contributed by atoms with Gasteiger partial charge in [0.2, 0.25) is 0 Å². The van der Waals surface area contributed by atoms with Gasteiger partial charge in [0.25, 0.3) is 0 Å². The van der Waals surface area contributed by atoms with E-state index >= 15 is 0 Å². The quantitative estimate of drug-likeness (QED) is 0.809. The van der Waals surface area contributed by atoms with Crippen molar-refractivity contribution in [3.63, 3.8) is 0 Å². The Morgan fingerprint density at radius 1 is 1.13 bits per heavy atom. The van der Waals surface area contributed by atoms with Gasteiger partial charge in [0.1, 0.15) is 0 Å². The molecular weight excluding hydrogens is 186 g/mol. The fraction of sp³-hybridized carbons (Fsp3) is 0.250. The zero-order valence-electron chi connectivity index (χ0n) is 9.28. The van der Waals surface area contributed by atoms with Gasteiger partial charge in [0.05, 0.1) is 12.0 Å². The minimum absolute atomic E-state index is 1.08. The molecule has 1 aromatic carbocycles. The number of imidazole rings is 1. The van der Waals surface area contributed by atoms with Crippen molar-refractivity contribution < 1.29 is 0 Å². The Kier molecular flexibility index (Phi) is 2.46. The summed E-state index contributed by atoms with van der Waals surface area (Å²) in [7, 11) is 1.92. The third-order valence-corrected chi connectivity index (χ3v) is 2.69. The summed E-state index contributed by atoms with van der Waals surface area (Å²) in [6.45, 7) is 4.10. The lowest BCUT2D eigenvalue weighted by atomic mass is 10.2. The fourth-order valence-electron chi connectivity index (χ4n) is 1.55. The second kappa shape index (κ2) is 3.77. The molecule has 1 heterocycles. The molecule has 78 valence electrons. The van der Waals surface area contributed by atoms with Crippen molar-refractivity contribution in [2.45, 2.75) is 13.8 Å². The van der Waals surface area contributed by atoms with E-state index in [1.165, 1.54) is 5.69 Å². The topological polar surface area (TPSA) is 29.9 Å². The van der Waals surface area contributed by atoms with Gasteiger partial charge in [-0.05, 0) is 38.1 Å². The average Bonchev–Trinajstić information content (AvgIpc) is 2.60. The van der Waals surface area contributed by atoms with Crippen molar-refractivity contribution in [3.05, 3.63) is 42.0 Å². The Morgan fingerprint density at radius 2 is 1.80 bits per heavy atom. The Hall–Kier alpha value is -1.77. The van der Waals surface area contributed by atoms with Crippen molar-refractivity contribution in [2.24, 2.45) is 0 Å². The summed E-state index contributed by atoms with van der Waals surface area (Å²) in [4.78, 5) is 4.28. The maximum atomic E-state index is 4.28. The molecule has 0 radical (unpaired) electrons. The molecule has 1 N–H and O–H groups in total. The van der Waals surface area contributed by atoms with E-state index in [1.54, 1.807) is 0 Å². The highest BCUT2D eigenvalue weighted by molar-refractivity contribution is 5.48. The smallest absolute Gasteiger partial charge is 0.0997 e. The van der Waals surface area contributed by atoms with Gasteiger partial charge in [-0.25, -0.2) is 4.98 Å². The molecule has 0 atom stereocenters.